The van der Waals surface area contributed by atoms with Crippen LogP contribution in [-0.2, 0) is 9.59 Å². The van der Waals surface area contributed by atoms with Crippen LogP contribution in [0.15, 0.2) is 0 Å². The van der Waals surface area contributed by atoms with Gasteiger partial charge in [0.2, 0.25) is 0 Å². The average molecular weight is 266 g/mol. The first-order valence-electron chi connectivity index (χ1n) is 7.70. The molecule has 4 nitrogen and oxygen atoms in total. The Kier molecular flexibility index (Phi) is 4.83. The molecule has 2 rings (SSSR count). The van der Waals surface area contributed by atoms with Crippen molar-refractivity contribution in [3.05, 3.63) is 0 Å². The van der Waals surface area contributed by atoms with E-state index in [4.69, 9.17) is 0 Å². The third-order valence-corrected chi connectivity index (χ3v) is 4.82. The van der Waals surface area contributed by atoms with E-state index in [1.807, 2.05) is 6.92 Å². The van der Waals surface area contributed by atoms with Crippen molar-refractivity contribution in [3.8, 4) is 0 Å². The molecule has 108 valence electrons. The van der Waals surface area contributed by atoms with Gasteiger partial charge in [-0.3, -0.25) is 9.59 Å². The van der Waals surface area contributed by atoms with E-state index in [-0.39, 0.29) is 6.04 Å². The second-order valence-corrected chi connectivity index (χ2v) is 6.21. The Morgan fingerprint density at radius 1 is 1.21 bits per heavy atom. The fraction of sp³-hybridized carbons (Fsp3) is 0.867. The molecular weight excluding hydrogens is 240 g/mol. The zero-order valence-corrected chi connectivity index (χ0v) is 12.1. The minimum Gasteiger partial charge on any atom is -0.348 e. The number of amides is 2. The van der Waals surface area contributed by atoms with E-state index in [0.717, 1.165) is 24.7 Å². The lowest BCUT2D eigenvalue weighted by Crippen LogP contribution is -2.47. The molecule has 0 aliphatic heterocycles. The average Bonchev–Trinajstić information content (AvgIpc) is 3.01. The summed E-state index contributed by atoms with van der Waals surface area (Å²) in [6, 6.07) is 0.125. The number of rotatable bonds is 5. The minimum atomic E-state index is -0.483. The molecule has 2 saturated carbocycles. The Hall–Kier alpha value is -1.06. The molecule has 2 amide bonds. The van der Waals surface area contributed by atoms with Crippen LogP contribution in [0.25, 0.3) is 0 Å². The van der Waals surface area contributed by atoms with E-state index < -0.39 is 11.8 Å². The normalized spacial score (nSPS) is 30.1. The molecule has 2 N–H and O–H groups in total. The fourth-order valence-corrected chi connectivity index (χ4v) is 3.74. The number of nitrogens with one attached hydrogen (secondary N) is 2. The number of carbonyl (C=O) groups is 2. The molecule has 19 heavy (non-hydrogen) atoms. The van der Waals surface area contributed by atoms with E-state index in [1.54, 1.807) is 0 Å². The van der Waals surface area contributed by atoms with E-state index in [9.17, 15) is 9.59 Å². The number of fused-ring (bicyclic) bond motifs is 2. The van der Waals surface area contributed by atoms with E-state index >= 15 is 0 Å². The molecule has 2 bridgehead atoms. The minimum absolute atomic E-state index is 0.125. The van der Waals surface area contributed by atoms with Crippen LogP contribution >= 0.6 is 0 Å². The Bertz CT molecular complexity index is 343. The Labute approximate surface area is 115 Å². The maximum Gasteiger partial charge on any atom is 0.309 e. The molecule has 0 saturated heterocycles. The highest BCUT2D eigenvalue weighted by molar-refractivity contribution is 6.35. The van der Waals surface area contributed by atoms with Crippen molar-refractivity contribution < 1.29 is 9.59 Å². The maximum atomic E-state index is 11.8. The van der Waals surface area contributed by atoms with Crippen LogP contribution in [0.5, 0.6) is 0 Å². The Morgan fingerprint density at radius 2 is 2.00 bits per heavy atom. The molecular formula is C15H26N2O2. The summed E-state index contributed by atoms with van der Waals surface area (Å²) in [7, 11) is 0. The van der Waals surface area contributed by atoms with Gasteiger partial charge in [0.05, 0.1) is 0 Å². The summed E-state index contributed by atoms with van der Waals surface area (Å²) in [6.07, 6.45) is 7.15. The third-order valence-electron chi connectivity index (χ3n) is 4.82. The van der Waals surface area contributed by atoms with Crippen LogP contribution < -0.4 is 10.6 Å². The lowest BCUT2D eigenvalue weighted by molar-refractivity contribution is -0.139. The maximum absolute atomic E-state index is 11.8. The van der Waals surface area contributed by atoms with Gasteiger partial charge in [-0.1, -0.05) is 19.8 Å². The van der Waals surface area contributed by atoms with Crippen molar-refractivity contribution in [2.75, 3.05) is 6.54 Å². The Balaban J connectivity index is 1.74. The van der Waals surface area contributed by atoms with Crippen molar-refractivity contribution >= 4 is 11.8 Å². The molecule has 0 aromatic rings. The van der Waals surface area contributed by atoms with Crippen LogP contribution in [0.2, 0.25) is 0 Å². The summed E-state index contributed by atoms with van der Waals surface area (Å²) in [6.45, 7) is 4.69. The standard InChI is InChI=1S/C15H26N2O2/c1-3-4-7-16-14(18)15(19)17-10(2)13-9-11-5-6-12(13)8-11/h10-13H,3-9H2,1-2H3,(H,16,18)(H,17,19). The van der Waals surface area contributed by atoms with E-state index in [1.165, 1.54) is 25.7 Å². The lowest BCUT2D eigenvalue weighted by Gasteiger charge is -2.28. The Morgan fingerprint density at radius 3 is 2.58 bits per heavy atom. The summed E-state index contributed by atoms with van der Waals surface area (Å²) >= 11 is 0. The third kappa shape index (κ3) is 3.48. The van der Waals surface area contributed by atoms with Crippen LogP contribution in [0, 0.1) is 17.8 Å². The first-order valence-corrected chi connectivity index (χ1v) is 7.70. The second-order valence-electron chi connectivity index (χ2n) is 6.21. The molecule has 4 atom stereocenters. The molecule has 0 radical (unpaired) electrons. The monoisotopic (exact) mass is 266 g/mol. The lowest BCUT2D eigenvalue weighted by atomic mass is 9.84. The summed E-state index contributed by atoms with van der Waals surface area (Å²) in [5, 5.41) is 5.54. The number of unbranched alkanes of at least 4 members (excludes halogenated alkanes) is 1. The van der Waals surface area contributed by atoms with Crippen molar-refractivity contribution in [3.63, 3.8) is 0 Å². The van der Waals surface area contributed by atoms with E-state index in [0.29, 0.717) is 12.5 Å². The van der Waals surface area contributed by atoms with Crippen molar-refractivity contribution in [2.45, 2.75) is 58.4 Å². The van der Waals surface area contributed by atoms with Gasteiger partial charge < -0.3 is 10.6 Å². The summed E-state index contributed by atoms with van der Waals surface area (Å²) in [5.74, 6) is 1.26. The molecule has 0 aromatic heterocycles. The summed E-state index contributed by atoms with van der Waals surface area (Å²) < 4.78 is 0. The van der Waals surface area contributed by atoms with Gasteiger partial charge in [-0.15, -0.1) is 0 Å². The fourth-order valence-electron chi connectivity index (χ4n) is 3.74. The van der Waals surface area contributed by atoms with Crippen LogP contribution in [0.1, 0.15) is 52.4 Å². The molecule has 2 aliphatic rings. The van der Waals surface area contributed by atoms with Crippen LogP contribution in [0.4, 0.5) is 0 Å². The first-order chi connectivity index (χ1) is 9.11. The smallest absolute Gasteiger partial charge is 0.309 e. The summed E-state index contributed by atoms with van der Waals surface area (Å²) in [4.78, 5) is 23.4. The topological polar surface area (TPSA) is 58.2 Å². The zero-order valence-electron chi connectivity index (χ0n) is 12.1. The summed E-state index contributed by atoms with van der Waals surface area (Å²) in [5.41, 5.74) is 0. The quantitative estimate of drug-likeness (QED) is 0.589. The van der Waals surface area contributed by atoms with Gasteiger partial charge in [0.1, 0.15) is 0 Å². The largest absolute Gasteiger partial charge is 0.348 e. The molecule has 0 heterocycles. The zero-order chi connectivity index (χ0) is 13.8. The van der Waals surface area contributed by atoms with Gasteiger partial charge in [-0.2, -0.15) is 0 Å². The van der Waals surface area contributed by atoms with Crippen molar-refractivity contribution in [1.29, 1.82) is 0 Å². The number of carbonyl (C=O) groups excluding carboxylic acids is 2. The van der Waals surface area contributed by atoms with Gasteiger partial charge in [0.15, 0.2) is 0 Å². The SMILES string of the molecule is CCCCNC(=O)C(=O)NC(C)C1CC2CCC1C2. The highest BCUT2D eigenvalue weighted by atomic mass is 16.2. The van der Waals surface area contributed by atoms with Gasteiger partial charge in [0.25, 0.3) is 0 Å². The van der Waals surface area contributed by atoms with Gasteiger partial charge in [0, 0.05) is 12.6 Å². The van der Waals surface area contributed by atoms with Gasteiger partial charge >= 0.3 is 11.8 Å². The van der Waals surface area contributed by atoms with Crippen LogP contribution in [-0.4, -0.2) is 24.4 Å². The highest BCUT2D eigenvalue weighted by Crippen LogP contribution is 2.49. The second kappa shape index (κ2) is 6.40. The molecule has 2 fully saturated rings. The van der Waals surface area contributed by atoms with Crippen LogP contribution in [0.3, 0.4) is 0 Å². The van der Waals surface area contributed by atoms with Crippen molar-refractivity contribution in [1.82, 2.24) is 10.6 Å². The van der Waals surface area contributed by atoms with Crippen molar-refractivity contribution in [2.24, 2.45) is 17.8 Å². The van der Waals surface area contributed by atoms with Gasteiger partial charge in [-0.25, -0.2) is 0 Å². The molecule has 4 unspecified atom stereocenters. The molecule has 0 spiro atoms. The number of hydrogen-bond donors (Lipinski definition) is 2. The van der Waals surface area contributed by atoms with Gasteiger partial charge in [-0.05, 0) is 50.4 Å². The predicted molar refractivity (Wildman–Crippen MR) is 74.5 cm³/mol. The first kappa shape index (κ1) is 14.4. The molecule has 0 aromatic carbocycles. The molecule has 2 aliphatic carbocycles. The van der Waals surface area contributed by atoms with E-state index in [2.05, 4.69) is 17.6 Å². The molecule has 4 heteroatoms. The number of hydrogen-bond acceptors (Lipinski definition) is 2. The highest BCUT2D eigenvalue weighted by Gasteiger charge is 2.42. The predicted octanol–water partition coefficient (Wildman–Crippen LogP) is 1.84.